The number of nitrogens with one attached hydrogen (secondary N) is 2. The highest BCUT2D eigenvalue weighted by atomic mass is 16.5. The Kier molecular flexibility index (Phi) is 8.22. The molecule has 1 amide bonds. The van der Waals surface area contributed by atoms with E-state index in [1.165, 1.54) is 19.3 Å². The van der Waals surface area contributed by atoms with Crippen molar-refractivity contribution in [3.05, 3.63) is 0 Å². The Morgan fingerprint density at radius 3 is 2.81 bits per heavy atom. The number of piperidine rings is 1. The van der Waals surface area contributed by atoms with E-state index >= 15 is 0 Å². The summed E-state index contributed by atoms with van der Waals surface area (Å²) in [6, 6.07) is 0.464. The average molecular weight is 299 g/mol. The number of hydrogen-bond acceptors (Lipinski definition) is 4. The van der Waals surface area contributed by atoms with Crippen LogP contribution in [0.25, 0.3) is 0 Å². The third-order valence-electron chi connectivity index (χ3n) is 4.32. The molecule has 1 aliphatic heterocycles. The third-order valence-corrected chi connectivity index (χ3v) is 4.32. The van der Waals surface area contributed by atoms with Crippen LogP contribution in [0.4, 0.5) is 0 Å². The molecule has 21 heavy (non-hydrogen) atoms. The van der Waals surface area contributed by atoms with Crippen LogP contribution >= 0.6 is 0 Å². The number of methoxy groups -OCH3 is 1. The summed E-state index contributed by atoms with van der Waals surface area (Å²) in [6.07, 6.45) is 4.57. The van der Waals surface area contributed by atoms with Crippen molar-refractivity contribution >= 4 is 5.91 Å². The molecule has 1 saturated heterocycles. The lowest BCUT2D eigenvalue weighted by atomic mass is 10.0. The van der Waals surface area contributed by atoms with E-state index in [-0.39, 0.29) is 11.4 Å². The van der Waals surface area contributed by atoms with Crippen molar-refractivity contribution in [2.45, 2.75) is 58.0 Å². The van der Waals surface area contributed by atoms with Gasteiger partial charge in [0.25, 0.3) is 0 Å². The van der Waals surface area contributed by atoms with Crippen LogP contribution < -0.4 is 10.6 Å². The lowest BCUT2D eigenvalue weighted by molar-refractivity contribution is -0.124. The monoisotopic (exact) mass is 299 g/mol. The fourth-order valence-electron chi connectivity index (χ4n) is 2.63. The maximum Gasteiger partial charge on any atom is 0.234 e. The van der Waals surface area contributed by atoms with Gasteiger partial charge < -0.3 is 15.4 Å². The lowest BCUT2D eigenvalue weighted by Gasteiger charge is -2.36. The summed E-state index contributed by atoms with van der Waals surface area (Å²) in [5.74, 6) is 0.144. The first kappa shape index (κ1) is 18.4. The molecule has 1 atom stereocenters. The number of nitrogens with zero attached hydrogens (tertiary/aromatic N) is 1. The van der Waals surface area contributed by atoms with Crippen LogP contribution in [0.3, 0.4) is 0 Å². The molecule has 0 saturated carbocycles. The van der Waals surface area contributed by atoms with E-state index in [0.717, 1.165) is 32.7 Å². The van der Waals surface area contributed by atoms with Gasteiger partial charge in [0.05, 0.1) is 13.2 Å². The largest absolute Gasteiger partial charge is 0.383 e. The van der Waals surface area contributed by atoms with Crippen LogP contribution in [-0.4, -0.2) is 62.3 Å². The Morgan fingerprint density at radius 2 is 2.14 bits per heavy atom. The van der Waals surface area contributed by atoms with Gasteiger partial charge in [-0.25, -0.2) is 0 Å². The molecule has 1 rings (SSSR count). The predicted molar refractivity (Wildman–Crippen MR) is 86.5 cm³/mol. The molecular formula is C16H33N3O2. The van der Waals surface area contributed by atoms with E-state index in [9.17, 15) is 4.79 Å². The average Bonchev–Trinajstić information content (AvgIpc) is 2.44. The highest BCUT2D eigenvalue weighted by Crippen LogP contribution is 2.16. The van der Waals surface area contributed by atoms with Crippen molar-refractivity contribution in [2.24, 2.45) is 0 Å². The predicted octanol–water partition coefficient (Wildman–Crippen LogP) is 1.38. The Morgan fingerprint density at radius 1 is 1.38 bits per heavy atom. The summed E-state index contributed by atoms with van der Waals surface area (Å²) in [5, 5.41) is 6.55. The van der Waals surface area contributed by atoms with E-state index in [1.54, 1.807) is 7.11 Å². The molecule has 1 heterocycles. The molecule has 0 spiro atoms. The molecule has 0 aliphatic carbocycles. The van der Waals surface area contributed by atoms with Crippen LogP contribution in [0.2, 0.25) is 0 Å². The standard InChI is InChI=1S/C16H33N3O2/c1-5-16(2,3)18-15(20)13-19-10-7-6-8-14(19)12-17-9-11-21-4/h14,17H,5-13H2,1-4H3,(H,18,20). The first-order chi connectivity index (χ1) is 9.98. The van der Waals surface area contributed by atoms with Crippen molar-refractivity contribution in [3.8, 4) is 0 Å². The summed E-state index contributed by atoms with van der Waals surface area (Å²) >= 11 is 0. The van der Waals surface area contributed by atoms with E-state index < -0.39 is 0 Å². The van der Waals surface area contributed by atoms with Crippen molar-refractivity contribution < 1.29 is 9.53 Å². The summed E-state index contributed by atoms with van der Waals surface area (Å²) in [4.78, 5) is 14.5. The fraction of sp³-hybridized carbons (Fsp3) is 0.938. The van der Waals surface area contributed by atoms with Crippen molar-refractivity contribution in [1.29, 1.82) is 0 Å². The highest BCUT2D eigenvalue weighted by molar-refractivity contribution is 5.78. The summed E-state index contributed by atoms with van der Waals surface area (Å²) in [7, 11) is 1.72. The molecule has 0 radical (unpaired) electrons. The summed E-state index contributed by atoms with van der Waals surface area (Å²) < 4.78 is 5.05. The van der Waals surface area contributed by atoms with Gasteiger partial charge in [-0.15, -0.1) is 0 Å². The van der Waals surface area contributed by atoms with Crippen molar-refractivity contribution in [2.75, 3.05) is 39.9 Å². The maximum absolute atomic E-state index is 12.2. The molecule has 0 aromatic rings. The van der Waals surface area contributed by atoms with Gasteiger partial charge in [0.1, 0.15) is 0 Å². The Bertz CT molecular complexity index is 308. The van der Waals surface area contributed by atoms with Gasteiger partial charge in [-0.2, -0.15) is 0 Å². The zero-order chi connectivity index (χ0) is 15.7. The van der Waals surface area contributed by atoms with Gasteiger partial charge >= 0.3 is 0 Å². The number of carbonyl (C=O) groups is 1. The van der Waals surface area contributed by atoms with Crippen molar-refractivity contribution in [1.82, 2.24) is 15.5 Å². The van der Waals surface area contributed by atoms with E-state index in [2.05, 4.69) is 36.3 Å². The molecule has 1 aliphatic rings. The quantitative estimate of drug-likeness (QED) is 0.632. The number of rotatable bonds is 9. The van der Waals surface area contributed by atoms with E-state index in [0.29, 0.717) is 12.6 Å². The minimum Gasteiger partial charge on any atom is -0.383 e. The number of ether oxygens (including phenoxy) is 1. The summed E-state index contributed by atoms with van der Waals surface area (Å²) in [5.41, 5.74) is -0.112. The topological polar surface area (TPSA) is 53.6 Å². The molecule has 0 bridgehead atoms. The molecule has 0 aromatic heterocycles. The SMILES string of the molecule is CCC(C)(C)NC(=O)CN1CCCCC1CNCCOC. The minimum atomic E-state index is -0.112. The van der Waals surface area contributed by atoms with E-state index in [4.69, 9.17) is 4.74 Å². The Hall–Kier alpha value is -0.650. The van der Waals surface area contributed by atoms with Crippen LogP contribution in [0.15, 0.2) is 0 Å². The fourth-order valence-corrected chi connectivity index (χ4v) is 2.63. The maximum atomic E-state index is 12.2. The van der Waals surface area contributed by atoms with Gasteiger partial charge in [0.15, 0.2) is 0 Å². The van der Waals surface area contributed by atoms with Crippen LogP contribution in [0.1, 0.15) is 46.5 Å². The Balaban J connectivity index is 2.40. The number of amides is 1. The summed E-state index contributed by atoms with van der Waals surface area (Å²) in [6.45, 7) is 10.3. The molecule has 124 valence electrons. The van der Waals surface area contributed by atoms with Crippen LogP contribution in [0.5, 0.6) is 0 Å². The molecule has 1 fully saturated rings. The van der Waals surface area contributed by atoms with Crippen LogP contribution in [-0.2, 0) is 9.53 Å². The molecule has 0 aromatic carbocycles. The molecule has 5 heteroatoms. The second-order valence-electron chi connectivity index (χ2n) is 6.60. The van der Waals surface area contributed by atoms with Gasteiger partial charge in [0.2, 0.25) is 5.91 Å². The molecule has 5 nitrogen and oxygen atoms in total. The number of likely N-dealkylation sites (tertiary alicyclic amines) is 1. The van der Waals surface area contributed by atoms with Gasteiger partial charge in [-0.1, -0.05) is 13.3 Å². The Labute approximate surface area is 129 Å². The first-order valence-electron chi connectivity index (χ1n) is 8.23. The zero-order valence-corrected chi connectivity index (χ0v) is 14.2. The van der Waals surface area contributed by atoms with E-state index in [1.807, 2.05) is 0 Å². The first-order valence-corrected chi connectivity index (χ1v) is 8.23. The number of carbonyl (C=O) groups excluding carboxylic acids is 1. The smallest absolute Gasteiger partial charge is 0.234 e. The van der Waals surface area contributed by atoms with Gasteiger partial charge in [-0.3, -0.25) is 9.69 Å². The molecule has 1 unspecified atom stereocenters. The second-order valence-corrected chi connectivity index (χ2v) is 6.60. The minimum absolute atomic E-state index is 0.112. The van der Waals surface area contributed by atoms with Crippen LogP contribution in [0, 0.1) is 0 Å². The third kappa shape index (κ3) is 7.25. The zero-order valence-electron chi connectivity index (χ0n) is 14.2. The van der Waals surface area contributed by atoms with Gasteiger partial charge in [-0.05, 0) is 39.7 Å². The van der Waals surface area contributed by atoms with Crippen molar-refractivity contribution in [3.63, 3.8) is 0 Å². The number of hydrogen-bond donors (Lipinski definition) is 2. The van der Waals surface area contributed by atoms with Gasteiger partial charge in [0, 0.05) is 31.8 Å². The molecular weight excluding hydrogens is 266 g/mol. The second kappa shape index (κ2) is 9.38. The molecule has 2 N–H and O–H groups in total. The normalized spacial score (nSPS) is 20.5. The lowest BCUT2D eigenvalue weighted by Crippen LogP contribution is -2.52. The highest BCUT2D eigenvalue weighted by Gasteiger charge is 2.25.